The largest absolute Gasteiger partial charge is 0.384 e. The predicted molar refractivity (Wildman–Crippen MR) is 76.1 cm³/mol. The Bertz CT molecular complexity index is 350. The van der Waals surface area contributed by atoms with Gasteiger partial charge in [-0.15, -0.1) is 0 Å². The lowest BCUT2D eigenvalue weighted by molar-refractivity contribution is 0.0683. The van der Waals surface area contributed by atoms with Crippen LogP contribution < -0.4 is 5.32 Å². The van der Waals surface area contributed by atoms with Gasteiger partial charge >= 0.3 is 0 Å². The standard InChI is InChI=1S/C15H24N2O/c1-13-4-6-15(7-5-13)16-8-10-17-9-3-11-18-14(2)12-17/h4-7,14,16H,3,8-12H2,1-2H3. The number of rotatable bonds is 4. The molecule has 1 fully saturated rings. The molecule has 1 aromatic rings. The second-order valence-electron chi connectivity index (χ2n) is 5.13. The van der Waals surface area contributed by atoms with Crippen molar-refractivity contribution in [2.75, 3.05) is 38.1 Å². The molecule has 1 saturated heterocycles. The number of nitrogens with zero attached hydrogens (tertiary/aromatic N) is 1. The molecule has 0 radical (unpaired) electrons. The van der Waals surface area contributed by atoms with Crippen LogP contribution >= 0.6 is 0 Å². The van der Waals surface area contributed by atoms with Crippen LogP contribution in [-0.2, 0) is 4.74 Å². The van der Waals surface area contributed by atoms with Gasteiger partial charge in [0.1, 0.15) is 0 Å². The van der Waals surface area contributed by atoms with Gasteiger partial charge in [0.2, 0.25) is 0 Å². The zero-order valence-electron chi connectivity index (χ0n) is 11.5. The number of hydrogen-bond acceptors (Lipinski definition) is 3. The maximum atomic E-state index is 5.65. The van der Waals surface area contributed by atoms with E-state index in [1.54, 1.807) is 0 Å². The SMILES string of the molecule is Cc1ccc(NCCN2CCCOC(C)C2)cc1. The molecule has 0 aliphatic carbocycles. The summed E-state index contributed by atoms with van der Waals surface area (Å²) in [5, 5.41) is 3.47. The zero-order chi connectivity index (χ0) is 12.8. The summed E-state index contributed by atoms with van der Waals surface area (Å²) in [4.78, 5) is 2.48. The van der Waals surface area contributed by atoms with Gasteiger partial charge < -0.3 is 10.1 Å². The lowest BCUT2D eigenvalue weighted by Crippen LogP contribution is -2.34. The predicted octanol–water partition coefficient (Wildman–Crippen LogP) is 2.52. The second-order valence-corrected chi connectivity index (χ2v) is 5.13. The Hall–Kier alpha value is -1.06. The summed E-state index contributed by atoms with van der Waals surface area (Å²) in [6.07, 6.45) is 1.52. The van der Waals surface area contributed by atoms with Crippen LogP contribution in [0.1, 0.15) is 18.9 Å². The Kier molecular flexibility index (Phi) is 5.02. The molecule has 0 amide bonds. The monoisotopic (exact) mass is 248 g/mol. The van der Waals surface area contributed by atoms with Crippen molar-refractivity contribution in [3.63, 3.8) is 0 Å². The quantitative estimate of drug-likeness (QED) is 0.886. The molecule has 1 aliphatic heterocycles. The lowest BCUT2D eigenvalue weighted by Gasteiger charge is -2.22. The van der Waals surface area contributed by atoms with Crippen molar-refractivity contribution in [3.05, 3.63) is 29.8 Å². The number of hydrogen-bond donors (Lipinski definition) is 1. The average molecular weight is 248 g/mol. The maximum absolute atomic E-state index is 5.65. The van der Waals surface area contributed by atoms with E-state index in [4.69, 9.17) is 4.74 Å². The molecule has 1 aromatic carbocycles. The van der Waals surface area contributed by atoms with Gasteiger partial charge in [0.05, 0.1) is 6.10 Å². The van der Waals surface area contributed by atoms with Crippen molar-refractivity contribution in [1.82, 2.24) is 4.90 Å². The molecule has 1 heterocycles. The van der Waals surface area contributed by atoms with E-state index in [-0.39, 0.29) is 0 Å². The molecule has 0 bridgehead atoms. The number of anilines is 1. The molecule has 0 aromatic heterocycles. The van der Waals surface area contributed by atoms with Crippen molar-refractivity contribution in [2.24, 2.45) is 0 Å². The highest BCUT2D eigenvalue weighted by Crippen LogP contribution is 2.09. The summed E-state index contributed by atoms with van der Waals surface area (Å²) >= 11 is 0. The molecular formula is C15H24N2O. The number of aryl methyl sites for hydroxylation is 1. The van der Waals surface area contributed by atoms with Gasteiger partial charge in [-0.2, -0.15) is 0 Å². The smallest absolute Gasteiger partial charge is 0.0673 e. The first kappa shape index (κ1) is 13.4. The van der Waals surface area contributed by atoms with Crippen molar-refractivity contribution in [2.45, 2.75) is 26.4 Å². The molecular weight excluding hydrogens is 224 g/mol. The lowest BCUT2D eigenvalue weighted by atomic mass is 10.2. The van der Waals surface area contributed by atoms with Gasteiger partial charge in [-0.1, -0.05) is 17.7 Å². The molecule has 1 unspecified atom stereocenters. The molecule has 1 atom stereocenters. The van der Waals surface area contributed by atoms with Crippen LogP contribution in [0.4, 0.5) is 5.69 Å². The first-order valence-corrected chi connectivity index (χ1v) is 6.88. The normalized spacial score (nSPS) is 21.6. The zero-order valence-corrected chi connectivity index (χ0v) is 11.5. The Morgan fingerprint density at radius 2 is 2.11 bits per heavy atom. The van der Waals surface area contributed by atoms with Crippen molar-refractivity contribution < 1.29 is 4.74 Å². The van der Waals surface area contributed by atoms with Gasteiger partial charge in [0.15, 0.2) is 0 Å². The Morgan fingerprint density at radius 1 is 1.33 bits per heavy atom. The first-order valence-electron chi connectivity index (χ1n) is 6.88. The molecule has 0 spiro atoms. The van der Waals surface area contributed by atoms with E-state index in [2.05, 4.69) is 48.3 Å². The van der Waals surface area contributed by atoms with Crippen LogP contribution in [0.2, 0.25) is 0 Å². The molecule has 18 heavy (non-hydrogen) atoms. The fourth-order valence-corrected chi connectivity index (χ4v) is 2.31. The first-order chi connectivity index (χ1) is 8.74. The Morgan fingerprint density at radius 3 is 2.89 bits per heavy atom. The highest BCUT2D eigenvalue weighted by Gasteiger charge is 2.13. The molecule has 100 valence electrons. The van der Waals surface area contributed by atoms with E-state index in [0.29, 0.717) is 6.10 Å². The molecule has 3 heteroatoms. The second kappa shape index (κ2) is 6.76. The third kappa shape index (κ3) is 4.31. The highest BCUT2D eigenvalue weighted by atomic mass is 16.5. The van der Waals surface area contributed by atoms with Crippen LogP contribution in [-0.4, -0.2) is 43.8 Å². The number of ether oxygens (including phenoxy) is 1. The minimum atomic E-state index is 0.367. The topological polar surface area (TPSA) is 24.5 Å². The van der Waals surface area contributed by atoms with E-state index in [9.17, 15) is 0 Å². The van der Waals surface area contributed by atoms with Gasteiger partial charge in [-0.3, -0.25) is 4.90 Å². The molecule has 1 aliphatic rings. The minimum Gasteiger partial charge on any atom is -0.384 e. The fraction of sp³-hybridized carbons (Fsp3) is 0.600. The summed E-state index contributed by atoms with van der Waals surface area (Å²) in [7, 11) is 0. The highest BCUT2D eigenvalue weighted by molar-refractivity contribution is 5.44. The van der Waals surface area contributed by atoms with Crippen LogP contribution in [0, 0.1) is 6.92 Å². The van der Waals surface area contributed by atoms with Gasteiger partial charge in [-0.25, -0.2) is 0 Å². The molecule has 2 rings (SSSR count). The van der Waals surface area contributed by atoms with E-state index in [1.807, 2.05) is 0 Å². The van der Waals surface area contributed by atoms with Crippen LogP contribution in [0.3, 0.4) is 0 Å². The summed E-state index contributed by atoms with van der Waals surface area (Å²) in [5.41, 5.74) is 2.51. The number of nitrogens with one attached hydrogen (secondary N) is 1. The third-order valence-corrected chi connectivity index (χ3v) is 3.35. The average Bonchev–Trinajstić information content (AvgIpc) is 2.56. The summed E-state index contributed by atoms with van der Waals surface area (Å²) < 4.78 is 5.65. The van der Waals surface area contributed by atoms with Gasteiger partial charge in [-0.05, 0) is 32.4 Å². The summed E-state index contributed by atoms with van der Waals surface area (Å²) in [5.74, 6) is 0. The van der Waals surface area contributed by atoms with Crippen LogP contribution in [0.5, 0.6) is 0 Å². The van der Waals surface area contributed by atoms with Crippen LogP contribution in [0.15, 0.2) is 24.3 Å². The minimum absolute atomic E-state index is 0.367. The number of benzene rings is 1. The third-order valence-electron chi connectivity index (χ3n) is 3.35. The van der Waals surface area contributed by atoms with Crippen molar-refractivity contribution >= 4 is 5.69 Å². The van der Waals surface area contributed by atoms with Crippen LogP contribution in [0.25, 0.3) is 0 Å². The van der Waals surface area contributed by atoms with E-state index < -0.39 is 0 Å². The van der Waals surface area contributed by atoms with Crippen molar-refractivity contribution in [3.8, 4) is 0 Å². The Balaban J connectivity index is 1.72. The Labute approximate surface area is 110 Å². The molecule has 0 saturated carbocycles. The molecule has 1 N–H and O–H groups in total. The van der Waals surface area contributed by atoms with E-state index in [1.165, 1.54) is 11.3 Å². The van der Waals surface area contributed by atoms with E-state index in [0.717, 1.165) is 39.2 Å². The molecule has 3 nitrogen and oxygen atoms in total. The maximum Gasteiger partial charge on any atom is 0.0673 e. The fourth-order valence-electron chi connectivity index (χ4n) is 2.31. The summed E-state index contributed by atoms with van der Waals surface area (Å²) in [6, 6.07) is 8.57. The summed E-state index contributed by atoms with van der Waals surface area (Å²) in [6.45, 7) is 9.46. The van der Waals surface area contributed by atoms with Gasteiger partial charge in [0.25, 0.3) is 0 Å². The van der Waals surface area contributed by atoms with Gasteiger partial charge in [0, 0.05) is 38.5 Å². The van der Waals surface area contributed by atoms with Crippen molar-refractivity contribution in [1.29, 1.82) is 0 Å². The van der Waals surface area contributed by atoms with E-state index >= 15 is 0 Å².